The van der Waals surface area contributed by atoms with Gasteiger partial charge in [-0.3, -0.25) is 10.1 Å². The molecule has 0 bridgehead atoms. The highest BCUT2D eigenvalue weighted by Crippen LogP contribution is 2.24. The van der Waals surface area contributed by atoms with E-state index in [0.29, 0.717) is 0 Å². The maximum absolute atomic E-state index is 11.4. The van der Waals surface area contributed by atoms with E-state index in [1.807, 2.05) is 38.1 Å². The lowest BCUT2D eigenvalue weighted by Gasteiger charge is -2.20. The second-order valence-electron chi connectivity index (χ2n) is 3.97. The molecule has 0 saturated carbocycles. The second-order valence-corrected chi connectivity index (χ2v) is 3.97. The summed E-state index contributed by atoms with van der Waals surface area (Å²) in [6, 6.07) is 7.61. The van der Waals surface area contributed by atoms with Gasteiger partial charge in [-0.15, -0.1) is 0 Å². The summed E-state index contributed by atoms with van der Waals surface area (Å²) in [6.07, 6.45) is 0. The second kappa shape index (κ2) is 6.25. The number of amides is 1. The third-order valence-corrected chi connectivity index (χ3v) is 2.75. The van der Waals surface area contributed by atoms with Gasteiger partial charge in [0.05, 0.1) is 13.2 Å². The smallest absolute Gasteiger partial charge is 0.236 e. The number of methoxy groups -OCH3 is 1. The molecule has 1 unspecified atom stereocenters. The number of carbonyl (C=O) groups is 1. The maximum atomic E-state index is 11.4. The summed E-state index contributed by atoms with van der Waals surface area (Å²) in [4.78, 5) is 11.4. The van der Waals surface area contributed by atoms with Crippen molar-refractivity contribution in [3.05, 3.63) is 29.8 Å². The molecule has 2 N–H and O–H groups in total. The van der Waals surface area contributed by atoms with Gasteiger partial charge in [-0.05, 0) is 19.9 Å². The van der Waals surface area contributed by atoms with Crippen LogP contribution < -0.4 is 15.4 Å². The Kier molecular flexibility index (Phi) is 4.97. The fourth-order valence-electron chi connectivity index (χ4n) is 1.78. The van der Waals surface area contributed by atoms with Crippen LogP contribution in [-0.4, -0.2) is 26.1 Å². The van der Waals surface area contributed by atoms with Gasteiger partial charge in [-0.2, -0.15) is 0 Å². The topological polar surface area (TPSA) is 50.4 Å². The summed E-state index contributed by atoms with van der Waals surface area (Å²) in [7, 11) is 3.28. The van der Waals surface area contributed by atoms with E-state index in [4.69, 9.17) is 4.74 Å². The number of rotatable bonds is 5. The Balaban J connectivity index is 2.75. The average Bonchev–Trinajstić information content (AvgIpc) is 2.37. The molecule has 0 aliphatic carbocycles. The van der Waals surface area contributed by atoms with Gasteiger partial charge in [0.15, 0.2) is 0 Å². The molecule has 1 aromatic carbocycles. The zero-order chi connectivity index (χ0) is 12.8. The highest BCUT2D eigenvalue weighted by atomic mass is 16.5. The van der Waals surface area contributed by atoms with Crippen molar-refractivity contribution >= 4 is 5.91 Å². The molecule has 1 aromatic rings. The van der Waals surface area contributed by atoms with Crippen molar-refractivity contribution < 1.29 is 9.53 Å². The predicted octanol–water partition coefficient (Wildman–Crippen LogP) is 1.48. The molecular weight excluding hydrogens is 216 g/mol. The van der Waals surface area contributed by atoms with Crippen molar-refractivity contribution in [2.45, 2.75) is 25.9 Å². The van der Waals surface area contributed by atoms with Crippen LogP contribution in [0.1, 0.15) is 25.5 Å². The first-order chi connectivity index (χ1) is 8.10. The highest BCUT2D eigenvalue weighted by Gasteiger charge is 2.16. The quantitative estimate of drug-likeness (QED) is 0.814. The summed E-state index contributed by atoms with van der Waals surface area (Å²) in [5.74, 6) is 0.809. The van der Waals surface area contributed by atoms with Crippen LogP contribution >= 0.6 is 0 Å². The van der Waals surface area contributed by atoms with Gasteiger partial charge >= 0.3 is 0 Å². The fourth-order valence-corrected chi connectivity index (χ4v) is 1.78. The van der Waals surface area contributed by atoms with Gasteiger partial charge in [0.1, 0.15) is 5.75 Å². The molecule has 94 valence electrons. The van der Waals surface area contributed by atoms with E-state index in [1.54, 1.807) is 14.2 Å². The number of benzene rings is 1. The van der Waals surface area contributed by atoms with Gasteiger partial charge in [0, 0.05) is 18.7 Å². The maximum Gasteiger partial charge on any atom is 0.236 e. The van der Waals surface area contributed by atoms with Gasteiger partial charge in [0.2, 0.25) is 5.91 Å². The molecular formula is C13H20N2O2. The number of ether oxygens (including phenoxy) is 1. The molecule has 0 fully saturated rings. The first-order valence-corrected chi connectivity index (χ1v) is 5.70. The third kappa shape index (κ3) is 3.46. The van der Waals surface area contributed by atoms with Gasteiger partial charge in [-0.25, -0.2) is 0 Å². The number of likely N-dealkylation sites (N-methyl/N-ethyl adjacent to an activating group) is 1. The van der Waals surface area contributed by atoms with Crippen molar-refractivity contribution in [3.63, 3.8) is 0 Å². The summed E-state index contributed by atoms with van der Waals surface area (Å²) < 4.78 is 5.29. The van der Waals surface area contributed by atoms with E-state index < -0.39 is 0 Å². The SMILES string of the molecule is CNC(=O)C(C)N[C@H](C)c1ccccc1OC. The van der Waals surface area contributed by atoms with E-state index in [9.17, 15) is 4.79 Å². The fraction of sp³-hybridized carbons (Fsp3) is 0.462. The summed E-state index contributed by atoms with van der Waals surface area (Å²) in [6.45, 7) is 3.85. The normalized spacial score (nSPS) is 13.9. The van der Waals surface area contributed by atoms with Crippen molar-refractivity contribution in [1.82, 2.24) is 10.6 Å². The molecule has 17 heavy (non-hydrogen) atoms. The Morgan fingerprint density at radius 2 is 1.94 bits per heavy atom. The number of carbonyl (C=O) groups excluding carboxylic acids is 1. The van der Waals surface area contributed by atoms with Crippen LogP contribution in [0.2, 0.25) is 0 Å². The molecule has 0 aliphatic heterocycles. The summed E-state index contributed by atoms with van der Waals surface area (Å²) >= 11 is 0. The van der Waals surface area contributed by atoms with E-state index >= 15 is 0 Å². The number of hydrogen-bond acceptors (Lipinski definition) is 3. The van der Waals surface area contributed by atoms with Gasteiger partial charge < -0.3 is 10.1 Å². The molecule has 4 heteroatoms. The summed E-state index contributed by atoms with van der Waals surface area (Å²) in [5.41, 5.74) is 1.05. The van der Waals surface area contributed by atoms with E-state index in [-0.39, 0.29) is 18.0 Å². The number of hydrogen-bond donors (Lipinski definition) is 2. The Morgan fingerprint density at radius 3 is 2.53 bits per heavy atom. The Morgan fingerprint density at radius 1 is 1.29 bits per heavy atom. The molecule has 2 atom stereocenters. The van der Waals surface area contributed by atoms with Crippen LogP contribution in [0.25, 0.3) is 0 Å². The number of nitrogens with one attached hydrogen (secondary N) is 2. The Labute approximate surface area is 102 Å². The Bertz CT molecular complexity index is 379. The van der Waals surface area contributed by atoms with Crippen molar-refractivity contribution in [1.29, 1.82) is 0 Å². The lowest BCUT2D eigenvalue weighted by molar-refractivity contribution is -0.122. The first kappa shape index (κ1) is 13.5. The monoisotopic (exact) mass is 236 g/mol. The van der Waals surface area contributed by atoms with Crippen molar-refractivity contribution in [2.24, 2.45) is 0 Å². The minimum Gasteiger partial charge on any atom is -0.496 e. The standard InChI is InChI=1S/C13H20N2O2/c1-9(15-10(2)13(16)14-3)11-7-5-6-8-12(11)17-4/h5-10,15H,1-4H3,(H,14,16)/t9-,10?/m1/s1. The van der Waals surface area contributed by atoms with Crippen LogP contribution in [0, 0.1) is 0 Å². The van der Waals surface area contributed by atoms with E-state index in [0.717, 1.165) is 11.3 Å². The molecule has 1 amide bonds. The average molecular weight is 236 g/mol. The molecule has 0 radical (unpaired) electrons. The molecule has 0 saturated heterocycles. The lowest BCUT2D eigenvalue weighted by Crippen LogP contribution is -2.41. The number of para-hydroxylation sites is 1. The van der Waals surface area contributed by atoms with Gasteiger partial charge in [0.25, 0.3) is 0 Å². The van der Waals surface area contributed by atoms with Crippen LogP contribution in [0.4, 0.5) is 0 Å². The molecule has 0 aromatic heterocycles. The van der Waals surface area contributed by atoms with E-state index in [2.05, 4.69) is 10.6 Å². The lowest BCUT2D eigenvalue weighted by atomic mass is 10.1. The van der Waals surface area contributed by atoms with Gasteiger partial charge in [-0.1, -0.05) is 18.2 Å². The van der Waals surface area contributed by atoms with Crippen LogP contribution in [-0.2, 0) is 4.79 Å². The minimum atomic E-state index is -0.236. The van der Waals surface area contributed by atoms with Crippen LogP contribution in [0.5, 0.6) is 5.75 Å². The predicted molar refractivity (Wildman–Crippen MR) is 68.1 cm³/mol. The van der Waals surface area contributed by atoms with Crippen molar-refractivity contribution in [2.75, 3.05) is 14.2 Å². The van der Waals surface area contributed by atoms with Crippen molar-refractivity contribution in [3.8, 4) is 5.75 Å². The zero-order valence-corrected chi connectivity index (χ0v) is 10.8. The Hall–Kier alpha value is -1.55. The molecule has 0 heterocycles. The van der Waals surface area contributed by atoms with Crippen LogP contribution in [0.15, 0.2) is 24.3 Å². The third-order valence-electron chi connectivity index (χ3n) is 2.75. The minimum absolute atomic E-state index is 0.0215. The van der Waals surface area contributed by atoms with Crippen LogP contribution in [0.3, 0.4) is 0 Å². The first-order valence-electron chi connectivity index (χ1n) is 5.70. The molecule has 1 rings (SSSR count). The molecule has 0 spiro atoms. The highest BCUT2D eigenvalue weighted by molar-refractivity contribution is 5.81. The van der Waals surface area contributed by atoms with E-state index in [1.165, 1.54) is 0 Å². The largest absolute Gasteiger partial charge is 0.496 e. The molecule has 0 aliphatic rings. The molecule has 4 nitrogen and oxygen atoms in total. The zero-order valence-electron chi connectivity index (χ0n) is 10.8. The summed E-state index contributed by atoms with van der Waals surface area (Å²) in [5, 5.41) is 5.85.